The highest BCUT2D eigenvalue weighted by Gasteiger charge is 2.22. The third-order valence-electron chi connectivity index (χ3n) is 3.20. The zero-order valence-corrected chi connectivity index (χ0v) is 12.9. The van der Waals surface area contributed by atoms with E-state index in [1.54, 1.807) is 67.3 Å². The van der Waals surface area contributed by atoms with E-state index in [0.717, 1.165) is 0 Å². The Balaban J connectivity index is 2.34. The van der Waals surface area contributed by atoms with Crippen LogP contribution in [-0.4, -0.2) is 18.4 Å². The van der Waals surface area contributed by atoms with Gasteiger partial charge in [-0.3, -0.25) is 9.97 Å². The van der Waals surface area contributed by atoms with Gasteiger partial charge in [-0.1, -0.05) is 30.3 Å². The van der Waals surface area contributed by atoms with E-state index < -0.39 is 9.05 Å². The number of aromatic nitrogens is 2. The maximum absolute atomic E-state index is 12.1. The van der Waals surface area contributed by atoms with Gasteiger partial charge in [0.25, 0.3) is 9.05 Å². The number of rotatable bonds is 3. The molecule has 3 rings (SSSR count). The molecule has 0 saturated carbocycles. The van der Waals surface area contributed by atoms with E-state index in [1.807, 2.05) is 0 Å². The van der Waals surface area contributed by atoms with Crippen LogP contribution in [0.4, 0.5) is 0 Å². The quantitative estimate of drug-likeness (QED) is 0.686. The van der Waals surface area contributed by atoms with Crippen molar-refractivity contribution in [3.8, 4) is 22.3 Å². The fraction of sp³-hybridized carbons (Fsp3) is 0. The fourth-order valence-electron chi connectivity index (χ4n) is 2.30. The summed E-state index contributed by atoms with van der Waals surface area (Å²) >= 11 is 0. The highest BCUT2D eigenvalue weighted by molar-refractivity contribution is 8.14. The third-order valence-corrected chi connectivity index (χ3v) is 4.59. The van der Waals surface area contributed by atoms with Crippen LogP contribution in [0, 0.1) is 0 Å². The number of nitrogens with zero attached hydrogens (tertiary/aromatic N) is 2. The van der Waals surface area contributed by atoms with Gasteiger partial charge in [0.2, 0.25) is 0 Å². The molecule has 0 aliphatic heterocycles. The molecule has 110 valence electrons. The number of hydrogen-bond donors (Lipinski definition) is 0. The molecule has 0 aliphatic carbocycles. The molecule has 3 aromatic rings. The first-order chi connectivity index (χ1) is 10.6. The Kier molecular flexibility index (Phi) is 3.92. The van der Waals surface area contributed by atoms with E-state index in [4.69, 9.17) is 10.7 Å². The van der Waals surface area contributed by atoms with Crippen LogP contribution < -0.4 is 0 Å². The van der Waals surface area contributed by atoms with Gasteiger partial charge in [-0.05, 0) is 12.1 Å². The lowest BCUT2D eigenvalue weighted by Gasteiger charge is -2.12. The molecule has 0 amide bonds. The summed E-state index contributed by atoms with van der Waals surface area (Å²) in [6.07, 6.45) is 6.47. The van der Waals surface area contributed by atoms with Crippen molar-refractivity contribution < 1.29 is 8.42 Å². The Hall–Kier alpha value is -2.24. The number of benzene rings is 1. The molecule has 2 heterocycles. The number of halogens is 1. The fourth-order valence-corrected chi connectivity index (χ4v) is 3.69. The minimum Gasteiger partial charge on any atom is -0.264 e. The van der Waals surface area contributed by atoms with Gasteiger partial charge >= 0.3 is 0 Å². The van der Waals surface area contributed by atoms with Crippen molar-refractivity contribution in [3.05, 3.63) is 67.3 Å². The van der Waals surface area contributed by atoms with Crippen molar-refractivity contribution in [1.82, 2.24) is 9.97 Å². The summed E-state index contributed by atoms with van der Waals surface area (Å²) in [5.41, 5.74) is 2.41. The van der Waals surface area contributed by atoms with Gasteiger partial charge in [-0.25, -0.2) is 8.42 Å². The smallest absolute Gasteiger partial charge is 0.262 e. The molecular weight excluding hydrogens is 320 g/mol. The summed E-state index contributed by atoms with van der Waals surface area (Å²) in [4.78, 5) is 8.14. The first-order valence-corrected chi connectivity index (χ1v) is 8.77. The highest BCUT2D eigenvalue weighted by Crippen LogP contribution is 2.37. The Morgan fingerprint density at radius 1 is 0.773 bits per heavy atom. The van der Waals surface area contributed by atoms with Crippen molar-refractivity contribution in [2.75, 3.05) is 0 Å². The zero-order valence-electron chi connectivity index (χ0n) is 11.3. The van der Waals surface area contributed by atoms with Crippen molar-refractivity contribution in [1.29, 1.82) is 0 Å². The van der Waals surface area contributed by atoms with Crippen LogP contribution in [0.25, 0.3) is 22.3 Å². The second-order valence-corrected chi connectivity index (χ2v) is 7.11. The third kappa shape index (κ3) is 2.86. The molecule has 0 aliphatic rings. The van der Waals surface area contributed by atoms with Crippen molar-refractivity contribution in [2.45, 2.75) is 4.90 Å². The van der Waals surface area contributed by atoms with Gasteiger partial charge in [-0.2, -0.15) is 0 Å². The monoisotopic (exact) mass is 330 g/mol. The predicted molar refractivity (Wildman–Crippen MR) is 85.9 cm³/mol. The Labute approximate surface area is 132 Å². The number of hydrogen-bond acceptors (Lipinski definition) is 4. The second-order valence-electron chi connectivity index (χ2n) is 4.60. The van der Waals surface area contributed by atoms with Gasteiger partial charge in [0.15, 0.2) is 0 Å². The molecule has 1 aromatic carbocycles. The first-order valence-electron chi connectivity index (χ1n) is 6.46. The lowest BCUT2D eigenvalue weighted by molar-refractivity contribution is 0.610. The van der Waals surface area contributed by atoms with Crippen LogP contribution >= 0.6 is 10.7 Å². The molecule has 6 heteroatoms. The standard InChI is InChI=1S/C16H11ClN2O2S/c17-22(20,21)16-14(12-4-2-8-18-10-12)6-1-7-15(16)13-5-3-9-19-11-13/h1-11H. The SMILES string of the molecule is O=S(=O)(Cl)c1c(-c2cccnc2)cccc1-c1cccnc1. The van der Waals surface area contributed by atoms with Crippen LogP contribution in [0.5, 0.6) is 0 Å². The minimum absolute atomic E-state index is 0.0673. The average molecular weight is 331 g/mol. The summed E-state index contributed by atoms with van der Waals surface area (Å²) in [7, 11) is 1.76. The van der Waals surface area contributed by atoms with Crippen molar-refractivity contribution in [2.24, 2.45) is 0 Å². The number of pyridine rings is 2. The minimum atomic E-state index is -3.94. The first kappa shape index (κ1) is 14.7. The molecule has 4 nitrogen and oxygen atoms in total. The topological polar surface area (TPSA) is 59.9 Å². The molecule has 22 heavy (non-hydrogen) atoms. The molecular formula is C16H11ClN2O2S. The van der Waals surface area contributed by atoms with Crippen LogP contribution in [0.2, 0.25) is 0 Å². The summed E-state index contributed by atoms with van der Waals surface area (Å²) in [6.45, 7) is 0. The molecule has 0 unspecified atom stereocenters. The van der Waals surface area contributed by atoms with E-state index in [-0.39, 0.29) is 4.90 Å². The molecule has 0 fully saturated rings. The van der Waals surface area contributed by atoms with Gasteiger partial charge in [0, 0.05) is 57.7 Å². The molecule has 0 bridgehead atoms. The molecule has 0 saturated heterocycles. The molecule has 0 atom stereocenters. The predicted octanol–water partition coefficient (Wildman–Crippen LogP) is 3.74. The Morgan fingerprint density at radius 2 is 1.27 bits per heavy atom. The summed E-state index contributed by atoms with van der Waals surface area (Å²) in [6, 6.07) is 12.3. The van der Waals surface area contributed by atoms with E-state index in [9.17, 15) is 8.42 Å². The summed E-state index contributed by atoms with van der Waals surface area (Å²) < 4.78 is 24.3. The molecule has 0 radical (unpaired) electrons. The van der Waals surface area contributed by atoms with E-state index >= 15 is 0 Å². The van der Waals surface area contributed by atoms with Crippen LogP contribution in [-0.2, 0) is 9.05 Å². The molecule has 2 aromatic heterocycles. The lowest BCUT2D eigenvalue weighted by Crippen LogP contribution is -1.99. The van der Waals surface area contributed by atoms with E-state index in [0.29, 0.717) is 22.3 Å². The van der Waals surface area contributed by atoms with Gasteiger partial charge in [0.1, 0.15) is 0 Å². The summed E-state index contributed by atoms with van der Waals surface area (Å²) in [5, 5.41) is 0. The van der Waals surface area contributed by atoms with Gasteiger partial charge in [-0.15, -0.1) is 0 Å². The maximum Gasteiger partial charge on any atom is 0.262 e. The van der Waals surface area contributed by atoms with Gasteiger partial charge in [0.05, 0.1) is 4.90 Å². The largest absolute Gasteiger partial charge is 0.264 e. The zero-order chi connectivity index (χ0) is 15.6. The molecule has 0 spiro atoms. The van der Waals surface area contributed by atoms with Crippen LogP contribution in [0.1, 0.15) is 0 Å². The van der Waals surface area contributed by atoms with Crippen molar-refractivity contribution in [3.63, 3.8) is 0 Å². The van der Waals surface area contributed by atoms with Crippen molar-refractivity contribution >= 4 is 19.7 Å². The summed E-state index contributed by atoms with van der Waals surface area (Å²) in [5.74, 6) is 0. The average Bonchev–Trinajstić information content (AvgIpc) is 2.55. The van der Waals surface area contributed by atoms with Gasteiger partial charge < -0.3 is 0 Å². The van der Waals surface area contributed by atoms with E-state index in [1.165, 1.54) is 0 Å². The normalized spacial score (nSPS) is 11.3. The van der Waals surface area contributed by atoms with E-state index in [2.05, 4.69) is 9.97 Å². The van der Waals surface area contributed by atoms with Crippen LogP contribution in [0.15, 0.2) is 72.1 Å². The van der Waals surface area contributed by atoms with Crippen LogP contribution in [0.3, 0.4) is 0 Å². The maximum atomic E-state index is 12.1. The Morgan fingerprint density at radius 3 is 1.64 bits per heavy atom. The second kappa shape index (κ2) is 5.87. The highest BCUT2D eigenvalue weighted by atomic mass is 35.7. The molecule has 0 N–H and O–H groups in total. The lowest BCUT2D eigenvalue weighted by atomic mass is 10.0. The Bertz CT molecular complexity index is 840.